The summed E-state index contributed by atoms with van der Waals surface area (Å²) in [5.74, 6) is 0.603. The molecule has 1 amide bonds. The molecule has 1 fully saturated rings. The van der Waals surface area contributed by atoms with Crippen LogP contribution in [0.3, 0.4) is 0 Å². The van der Waals surface area contributed by atoms with Gasteiger partial charge >= 0.3 is 0 Å². The van der Waals surface area contributed by atoms with Crippen LogP contribution >= 0.6 is 11.3 Å². The Kier molecular flexibility index (Phi) is 5.36. The third-order valence-electron chi connectivity index (χ3n) is 4.48. The molecule has 1 aromatic carbocycles. The van der Waals surface area contributed by atoms with Gasteiger partial charge in [0.1, 0.15) is 5.75 Å². The zero-order valence-corrected chi connectivity index (χ0v) is 16.7. The number of benzene rings is 1. The van der Waals surface area contributed by atoms with Gasteiger partial charge in [0, 0.05) is 41.5 Å². The maximum absolute atomic E-state index is 12.9. The van der Waals surface area contributed by atoms with Crippen LogP contribution in [0.25, 0.3) is 0 Å². The molecule has 2 aromatic rings. The van der Waals surface area contributed by atoms with Gasteiger partial charge in [0.2, 0.25) is 10.0 Å². The van der Waals surface area contributed by atoms with Gasteiger partial charge in [0.05, 0.1) is 12.0 Å². The molecule has 1 aromatic heterocycles. The Balaban J connectivity index is 1.68. The van der Waals surface area contributed by atoms with Crippen LogP contribution in [0.2, 0.25) is 0 Å². The Bertz CT molecular complexity index is 896. The number of amides is 1. The second kappa shape index (κ2) is 7.38. The van der Waals surface area contributed by atoms with E-state index in [1.807, 2.05) is 13.8 Å². The molecule has 1 saturated heterocycles. The lowest BCUT2D eigenvalue weighted by molar-refractivity contribution is 0.0698. The quantitative estimate of drug-likeness (QED) is 0.799. The van der Waals surface area contributed by atoms with Gasteiger partial charge in [0.15, 0.2) is 0 Å². The van der Waals surface area contributed by atoms with Crippen molar-refractivity contribution in [1.29, 1.82) is 0 Å². The second-order valence-electron chi connectivity index (χ2n) is 6.20. The molecule has 0 aliphatic carbocycles. The maximum atomic E-state index is 12.9. The number of piperazine rings is 1. The SMILES string of the molecule is COc1ccc(C(=O)N2CCN(S(=O)(=O)c3cc(C)sc3C)CC2)cc1. The van der Waals surface area contributed by atoms with E-state index in [-0.39, 0.29) is 5.91 Å². The van der Waals surface area contributed by atoms with Crippen molar-refractivity contribution in [2.24, 2.45) is 0 Å². The number of nitrogens with zero attached hydrogens (tertiary/aromatic N) is 2. The highest BCUT2D eigenvalue weighted by Crippen LogP contribution is 2.28. The van der Waals surface area contributed by atoms with Crippen molar-refractivity contribution >= 4 is 27.3 Å². The number of aryl methyl sites for hydroxylation is 2. The van der Waals surface area contributed by atoms with Crippen LogP contribution < -0.4 is 4.74 Å². The molecule has 0 N–H and O–H groups in total. The number of ether oxygens (including phenoxy) is 1. The summed E-state index contributed by atoms with van der Waals surface area (Å²) >= 11 is 1.49. The van der Waals surface area contributed by atoms with Crippen molar-refractivity contribution in [2.45, 2.75) is 18.7 Å². The molecule has 3 rings (SSSR count). The number of sulfonamides is 1. The average Bonchev–Trinajstić information content (AvgIpc) is 3.00. The van der Waals surface area contributed by atoms with E-state index in [0.717, 1.165) is 9.75 Å². The fraction of sp³-hybridized carbons (Fsp3) is 0.389. The summed E-state index contributed by atoms with van der Waals surface area (Å²) in [4.78, 5) is 16.5. The van der Waals surface area contributed by atoms with Gasteiger partial charge in [-0.25, -0.2) is 8.42 Å². The fourth-order valence-corrected chi connectivity index (χ4v) is 6.00. The number of carbonyl (C=O) groups excluding carboxylic acids is 1. The van der Waals surface area contributed by atoms with Gasteiger partial charge in [-0.2, -0.15) is 4.31 Å². The summed E-state index contributed by atoms with van der Waals surface area (Å²) in [5.41, 5.74) is 0.575. The monoisotopic (exact) mass is 394 g/mol. The van der Waals surface area contributed by atoms with E-state index in [0.29, 0.717) is 42.4 Å². The van der Waals surface area contributed by atoms with E-state index < -0.39 is 10.0 Å². The minimum atomic E-state index is -3.51. The van der Waals surface area contributed by atoms with Crippen molar-refractivity contribution in [3.63, 3.8) is 0 Å². The van der Waals surface area contributed by atoms with Gasteiger partial charge in [-0.05, 0) is 44.2 Å². The summed E-state index contributed by atoms with van der Waals surface area (Å²) < 4.78 is 32.3. The Labute approximate surface area is 158 Å². The molecule has 1 aliphatic rings. The van der Waals surface area contributed by atoms with E-state index in [9.17, 15) is 13.2 Å². The van der Waals surface area contributed by atoms with Gasteiger partial charge in [0.25, 0.3) is 5.91 Å². The Morgan fingerprint density at radius 1 is 1.08 bits per heavy atom. The van der Waals surface area contributed by atoms with Gasteiger partial charge < -0.3 is 9.64 Å². The number of hydrogen-bond acceptors (Lipinski definition) is 5. The largest absolute Gasteiger partial charge is 0.497 e. The van der Waals surface area contributed by atoms with E-state index in [1.54, 1.807) is 42.3 Å². The van der Waals surface area contributed by atoms with Crippen LogP contribution in [0.1, 0.15) is 20.1 Å². The molecule has 0 radical (unpaired) electrons. The lowest BCUT2D eigenvalue weighted by Crippen LogP contribution is -2.50. The number of methoxy groups -OCH3 is 1. The first-order chi connectivity index (χ1) is 12.3. The van der Waals surface area contributed by atoms with Crippen molar-refractivity contribution in [1.82, 2.24) is 9.21 Å². The Morgan fingerprint density at radius 2 is 1.69 bits per heavy atom. The average molecular weight is 395 g/mol. The third-order valence-corrected chi connectivity index (χ3v) is 7.60. The number of rotatable bonds is 4. The molecule has 0 spiro atoms. The van der Waals surface area contributed by atoms with Crippen molar-refractivity contribution in [3.05, 3.63) is 45.6 Å². The third kappa shape index (κ3) is 3.62. The lowest BCUT2D eigenvalue weighted by atomic mass is 10.2. The highest BCUT2D eigenvalue weighted by Gasteiger charge is 2.32. The molecule has 6 nitrogen and oxygen atoms in total. The predicted octanol–water partition coefficient (Wildman–Crippen LogP) is 2.52. The number of hydrogen-bond donors (Lipinski definition) is 0. The summed E-state index contributed by atoms with van der Waals surface area (Å²) in [6, 6.07) is 8.67. The van der Waals surface area contributed by atoms with Gasteiger partial charge in [-0.3, -0.25) is 4.79 Å². The molecule has 1 aliphatic heterocycles. The van der Waals surface area contributed by atoms with Crippen molar-refractivity contribution in [2.75, 3.05) is 33.3 Å². The zero-order valence-electron chi connectivity index (χ0n) is 15.1. The van der Waals surface area contributed by atoms with Crippen molar-refractivity contribution < 1.29 is 17.9 Å². The Morgan fingerprint density at radius 3 is 2.19 bits per heavy atom. The van der Waals surface area contributed by atoms with Crippen LogP contribution in [0.4, 0.5) is 0 Å². The van der Waals surface area contributed by atoms with Crippen LogP contribution in [0, 0.1) is 13.8 Å². The summed E-state index contributed by atoms with van der Waals surface area (Å²) in [6.07, 6.45) is 0. The highest BCUT2D eigenvalue weighted by atomic mass is 32.2. The topological polar surface area (TPSA) is 66.9 Å². The number of thiophene rings is 1. The zero-order chi connectivity index (χ0) is 18.9. The van der Waals surface area contributed by atoms with E-state index in [4.69, 9.17) is 4.74 Å². The molecular formula is C18H22N2O4S2. The fourth-order valence-electron chi connectivity index (χ4n) is 3.05. The van der Waals surface area contributed by atoms with Crippen LogP contribution in [0.5, 0.6) is 5.75 Å². The first-order valence-electron chi connectivity index (χ1n) is 8.33. The first-order valence-corrected chi connectivity index (χ1v) is 10.6. The normalized spacial score (nSPS) is 15.9. The molecule has 140 valence electrons. The van der Waals surface area contributed by atoms with Crippen LogP contribution in [0.15, 0.2) is 35.2 Å². The Hall–Kier alpha value is -1.90. The first kappa shape index (κ1) is 18.9. The molecular weight excluding hydrogens is 372 g/mol. The molecule has 0 saturated carbocycles. The van der Waals surface area contributed by atoms with Gasteiger partial charge in [-0.1, -0.05) is 0 Å². The molecule has 8 heteroatoms. The summed E-state index contributed by atoms with van der Waals surface area (Å²) in [6.45, 7) is 5.10. The minimum Gasteiger partial charge on any atom is -0.497 e. The van der Waals surface area contributed by atoms with Crippen LogP contribution in [-0.4, -0.2) is 56.8 Å². The van der Waals surface area contributed by atoms with Crippen LogP contribution in [-0.2, 0) is 10.0 Å². The summed E-state index contributed by atoms with van der Waals surface area (Å²) in [5, 5.41) is 0. The minimum absolute atomic E-state index is 0.0905. The second-order valence-corrected chi connectivity index (χ2v) is 9.57. The maximum Gasteiger partial charge on any atom is 0.253 e. The molecule has 2 heterocycles. The van der Waals surface area contributed by atoms with Gasteiger partial charge in [-0.15, -0.1) is 11.3 Å². The molecule has 26 heavy (non-hydrogen) atoms. The van der Waals surface area contributed by atoms with Crippen molar-refractivity contribution in [3.8, 4) is 5.75 Å². The van der Waals surface area contributed by atoms with E-state index in [2.05, 4.69) is 0 Å². The molecule has 0 unspecified atom stereocenters. The predicted molar refractivity (Wildman–Crippen MR) is 101 cm³/mol. The summed E-state index contributed by atoms with van der Waals surface area (Å²) in [7, 11) is -1.93. The molecule has 0 bridgehead atoms. The standard InChI is InChI=1S/C18H22N2O4S2/c1-13-12-17(14(2)25-13)26(22,23)20-10-8-19(9-11-20)18(21)15-4-6-16(24-3)7-5-15/h4-7,12H,8-11H2,1-3H3. The number of carbonyl (C=O) groups is 1. The lowest BCUT2D eigenvalue weighted by Gasteiger charge is -2.34. The smallest absolute Gasteiger partial charge is 0.253 e. The highest BCUT2D eigenvalue weighted by molar-refractivity contribution is 7.89. The van der Waals surface area contributed by atoms with E-state index >= 15 is 0 Å². The van der Waals surface area contributed by atoms with E-state index in [1.165, 1.54) is 15.6 Å². The molecule has 0 atom stereocenters.